The fourth-order valence-electron chi connectivity index (χ4n) is 3.73. The first-order valence-electron chi connectivity index (χ1n) is 9.22. The topological polar surface area (TPSA) is 58.6 Å². The van der Waals surface area contributed by atoms with Gasteiger partial charge in [-0.2, -0.15) is 0 Å². The first-order chi connectivity index (χ1) is 12.7. The second-order valence-corrected chi connectivity index (χ2v) is 7.12. The van der Waals surface area contributed by atoms with Crippen LogP contribution < -0.4 is 4.74 Å². The number of aromatic nitrogens is 2. The quantitative estimate of drug-likeness (QED) is 0.844. The van der Waals surface area contributed by atoms with Crippen molar-refractivity contribution < 1.29 is 9.53 Å². The highest BCUT2D eigenvalue weighted by molar-refractivity contribution is 5.92. The van der Waals surface area contributed by atoms with Crippen molar-refractivity contribution in [3.63, 3.8) is 0 Å². The van der Waals surface area contributed by atoms with Gasteiger partial charge in [-0.05, 0) is 37.5 Å². The lowest BCUT2D eigenvalue weighted by Crippen LogP contribution is -2.60. The molecule has 1 aromatic carbocycles. The number of rotatable bonds is 4. The standard InChI is InChI=1S/C20H24N4O2/c1-15-3-2-4-17(11-15)26-18-13-24(14-18)16-5-9-23(10-6-16)20(25)19-12-21-7-8-22-19/h2-4,7-8,11-12,16,18H,5-6,9-10,13-14H2,1H3. The van der Waals surface area contributed by atoms with Crippen molar-refractivity contribution in [3.8, 4) is 5.75 Å². The van der Waals surface area contributed by atoms with Crippen LogP contribution in [0.4, 0.5) is 0 Å². The summed E-state index contributed by atoms with van der Waals surface area (Å²) < 4.78 is 6.05. The van der Waals surface area contributed by atoms with E-state index in [0.29, 0.717) is 11.7 Å². The van der Waals surface area contributed by atoms with Crippen molar-refractivity contribution in [2.45, 2.75) is 31.9 Å². The molecule has 2 aliphatic heterocycles. The second-order valence-electron chi connectivity index (χ2n) is 7.12. The second kappa shape index (κ2) is 7.41. The molecule has 0 aliphatic carbocycles. The first-order valence-corrected chi connectivity index (χ1v) is 9.22. The molecule has 0 bridgehead atoms. The predicted molar refractivity (Wildman–Crippen MR) is 98.1 cm³/mol. The molecular weight excluding hydrogens is 328 g/mol. The molecule has 3 heterocycles. The molecule has 0 unspecified atom stereocenters. The molecule has 6 nitrogen and oxygen atoms in total. The van der Waals surface area contributed by atoms with Crippen molar-refractivity contribution in [1.82, 2.24) is 19.8 Å². The van der Waals surface area contributed by atoms with Crippen LogP contribution in [0.15, 0.2) is 42.9 Å². The van der Waals surface area contributed by atoms with Gasteiger partial charge in [-0.15, -0.1) is 0 Å². The van der Waals surface area contributed by atoms with Crippen molar-refractivity contribution in [2.75, 3.05) is 26.2 Å². The fourth-order valence-corrected chi connectivity index (χ4v) is 3.73. The third-order valence-electron chi connectivity index (χ3n) is 5.22. The number of nitrogens with zero attached hydrogens (tertiary/aromatic N) is 4. The maximum Gasteiger partial charge on any atom is 0.274 e. The van der Waals surface area contributed by atoms with E-state index in [9.17, 15) is 4.79 Å². The van der Waals surface area contributed by atoms with Crippen LogP contribution in [0, 0.1) is 6.92 Å². The van der Waals surface area contributed by atoms with Gasteiger partial charge in [0.25, 0.3) is 5.91 Å². The molecule has 4 rings (SSSR count). The van der Waals surface area contributed by atoms with E-state index in [2.05, 4.69) is 33.9 Å². The van der Waals surface area contributed by atoms with Gasteiger partial charge in [0.2, 0.25) is 0 Å². The Balaban J connectivity index is 1.23. The minimum atomic E-state index is -0.0131. The van der Waals surface area contributed by atoms with Gasteiger partial charge in [-0.3, -0.25) is 14.7 Å². The van der Waals surface area contributed by atoms with Gasteiger partial charge in [0.15, 0.2) is 0 Å². The molecule has 0 N–H and O–H groups in total. The van der Waals surface area contributed by atoms with E-state index in [1.54, 1.807) is 12.4 Å². The Kier molecular flexibility index (Phi) is 4.84. The van der Waals surface area contributed by atoms with Crippen molar-refractivity contribution in [1.29, 1.82) is 0 Å². The van der Waals surface area contributed by atoms with Crippen molar-refractivity contribution >= 4 is 5.91 Å². The molecule has 0 spiro atoms. The van der Waals surface area contributed by atoms with E-state index in [1.165, 1.54) is 11.8 Å². The van der Waals surface area contributed by atoms with Crippen LogP contribution in [-0.2, 0) is 0 Å². The Morgan fingerprint density at radius 1 is 1.19 bits per heavy atom. The van der Waals surface area contributed by atoms with Crippen molar-refractivity contribution in [2.24, 2.45) is 0 Å². The van der Waals surface area contributed by atoms with Gasteiger partial charge in [-0.1, -0.05) is 12.1 Å². The molecule has 2 fully saturated rings. The molecule has 1 amide bonds. The largest absolute Gasteiger partial charge is 0.488 e. The lowest BCUT2D eigenvalue weighted by molar-refractivity contribution is -0.0250. The number of carbonyl (C=O) groups is 1. The van der Waals surface area contributed by atoms with Gasteiger partial charge < -0.3 is 9.64 Å². The summed E-state index contributed by atoms with van der Waals surface area (Å²) in [5.74, 6) is 0.944. The zero-order valence-electron chi connectivity index (χ0n) is 15.0. The van der Waals surface area contributed by atoms with Crippen LogP contribution in [0.3, 0.4) is 0 Å². The Labute approximate surface area is 153 Å². The molecule has 0 saturated carbocycles. The van der Waals surface area contributed by atoms with Gasteiger partial charge in [0.05, 0.1) is 6.20 Å². The normalized spacial score (nSPS) is 19.2. The number of ether oxygens (including phenoxy) is 1. The number of piperidine rings is 1. The molecule has 2 saturated heterocycles. The first kappa shape index (κ1) is 17.0. The van der Waals surface area contributed by atoms with E-state index < -0.39 is 0 Å². The summed E-state index contributed by atoms with van der Waals surface area (Å²) >= 11 is 0. The van der Waals surface area contributed by atoms with Gasteiger partial charge in [-0.25, -0.2) is 4.98 Å². The number of amides is 1. The summed E-state index contributed by atoms with van der Waals surface area (Å²) in [5, 5.41) is 0. The minimum Gasteiger partial charge on any atom is -0.488 e. The van der Waals surface area contributed by atoms with Crippen LogP contribution in [0.25, 0.3) is 0 Å². The zero-order chi connectivity index (χ0) is 17.9. The highest BCUT2D eigenvalue weighted by Gasteiger charge is 2.36. The maximum absolute atomic E-state index is 12.4. The van der Waals surface area contributed by atoms with E-state index in [0.717, 1.165) is 44.8 Å². The number of likely N-dealkylation sites (tertiary alicyclic amines) is 2. The lowest BCUT2D eigenvalue weighted by atomic mass is 9.98. The molecular formula is C20H24N4O2. The van der Waals surface area contributed by atoms with Crippen LogP contribution in [0.1, 0.15) is 28.9 Å². The van der Waals surface area contributed by atoms with Crippen molar-refractivity contribution in [3.05, 3.63) is 54.1 Å². The fraction of sp³-hybridized carbons (Fsp3) is 0.450. The van der Waals surface area contributed by atoms with Crippen LogP contribution in [0.5, 0.6) is 5.75 Å². The predicted octanol–water partition coefficient (Wildman–Crippen LogP) is 2.15. The number of hydrogen-bond acceptors (Lipinski definition) is 5. The van der Waals surface area contributed by atoms with E-state index >= 15 is 0 Å². The SMILES string of the molecule is Cc1cccc(OC2CN(C3CCN(C(=O)c4cnccn4)CC3)C2)c1. The van der Waals surface area contributed by atoms with Crippen LogP contribution >= 0.6 is 0 Å². The molecule has 0 radical (unpaired) electrons. The number of carbonyl (C=O) groups excluding carboxylic acids is 1. The molecule has 136 valence electrons. The highest BCUT2D eigenvalue weighted by Crippen LogP contribution is 2.25. The maximum atomic E-state index is 12.4. The molecule has 2 aliphatic rings. The summed E-state index contributed by atoms with van der Waals surface area (Å²) in [6, 6.07) is 8.75. The Morgan fingerprint density at radius 2 is 2.00 bits per heavy atom. The zero-order valence-corrected chi connectivity index (χ0v) is 15.0. The van der Waals surface area contributed by atoms with Gasteiger partial charge in [0.1, 0.15) is 17.5 Å². The van der Waals surface area contributed by atoms with Gasteiger partial charge in [0, 0.05) is 44.6 Å². The summed E-state index contributed by atoms with van der Waals surface area (Å²) in [4.78, 5) is 24.9. The molecule has 2 aromatic rings. The molecule has 26 heavy (non-hydrogen) atoms. The third kappa shape index (κ3) is 3.70. The number of hydrogen-bond donors (Lipinski definition) is 0. The van der Waals surface area contributed by atoms with Crippen LogP contribution in [0.2, 0.25) is 0 Å². The highest BCUT2D eigenvalue weighted by atomic mass is 16.5. The van der Waals surface area contributed by atoms with E-state index in [-0.39, 0.29) is 12.0 Å². The number of benzene rings is 1. The average Bonchev–Trinajstić information content (AvgIpc) is 2.65. The number of aryl methyl sites for hydroxylation is 1. The summed E-state index contributed by atoms with van der Waals surface area (Å²) in [6.45, 7) is 5.57. The summed E-state index contributed by atoms with van der Waals surface area (Å²) in [7, 11) is 0. The minimum absolute atomic E-state index is 0.0131. The Bertz CT molecular complexity index is 753. The summed E-state index contributed by atoms with van der Waals surface area (Å²) in [5.41, 5.74) is 1.65. The van der Waals surface area contributed by atoms with Crippen LogP contribution in [-0.4, -0.2) is 64.0 Å². The smallest absolute Gasteiger partial charge is 0.274 e. The Hall–Kier alpha value is -2.47. The monoisotopic (exact) mass is 352 g/mol. The van der Waals surface area contributed by atoms with E-state index in [1.807, 2.05) is 17.0 Å². The molecule has 6 heteroatoms. The third-order valence-corrected chi connectivity index (χ3v) is 5.22. The molecule has 0 atom stereocenters. The van der Waals surface area contributed by atoms with E-state index in [4.69, 9.17) is 4.74 Å². The lowest BCUT2D eigenvalue weighted by Gasteiger charge is -2.46. The Morgan fingerprint density at radius 3 is 2.69 bits per heavy atom. The summed E-state index contributed by atoms with van der Waals surface area (Å²) in [6.07, 6.45) is 6.97. The molecule has 1 aromatic heterocycles. The van der Waals surface area contributed by atoms with Gasteiger partial charge >= 0.3 is 0 Å². The average molecular weight is 352 g/mol.